The van der Waals surface area contributed by atoms with E-state index in [1.807, 2.05) is 39.0 Å². The summed E-state index contributed by atoms with van der Waals surface area (Å²) in [5.74, 6) is 0. The van der Waals surface area contributed by atoms with Crippen molar-refractivity contribution in [1.29, 1.82) is 0 Å². The SMILES string of the molecule is CCC1=CCc2ccccc2N1C(=O)OC(C)(C)C. The molecule has 3 nitrogen and oxygen atoms in total. The number of benzene rings is 1. The molecule has 0 atom stereocenters. The average molecular weight is 259 g/mol. The van der Waals surface area contributed by atoms with Crippen LogP contribution in [0.25, 0.3) is 0 Å². The fraction of sp³-hybridized carbons (Fsp3) is 0.438. The molecular weight excluding hydrogens is 238 g/mol. The van der Waals surface area contributed by atoms with Crippen molar-refractivity contribution in [3.05, 3.63) is 41.6 Å². The second kappa shape index (κ2) is 5.08. The lowest BCUT2D eigenvalue weighted by Gasteiger charge is -2.32. The highest BCUT2D eigenvalue weighted by molar-refractivity contribution is 5.93. The first-order valence-electron chi connectivity index (χ1n) is 6.72. The molecule has 1 aliphatic heterocycles. The number of hydrogen-bond donors (Lipinski definition) is 0. The predicted molar refractivity (Wildman–Crippen MR) is 77.2 cm³/mol. The third-order valence-corrected chi connectivity index (χ3v) is 3.02. The standard InChI is InChI=1S/C16H21NO2/c1-5-13-11-10-12-8-6-7-9-14(12)17(13)15(18)19-16(2,3)4/h6-9,11H,5,10H2,1-4H3. The zero-order valence-electron chi connectivity index (χ0n) is 12.1. The van der Waals surface area contributed by atoms with E-state index >= 15 is 0 Å². The van der Waals surface area contributed by atoms with Crippen LogP contribution in [0.5, 0.6) is 0 Å². The van der Waals surface area contributed by atoms with Crippen molar-refractivity contribution in [3.8, 4) is 0 Å². The number of allylic oxidation sites excluding steroid dienone is 2. The molecule has 0 saturated carbocycles. The van der Waals surface area contributed by atoms with Crippen LogP contribution in [-0.4, -0.2) is 11.7 Å². The highest BCUT2D eigenvalue weighted by atomic mass is 16.6. The molecule has 1 aliphatic rings. The maximum atomic E-state index is 12.4. The molecule has 1 aromatic rings. The molecule has 102 valence electrons. The molecule has 1 amide bonds. The van der Waals surface area contributed by atoms with E-state index in [1.54, 1.807) is 4.90 Å². The number of nitrogens with zero attached hydrogens (tertiary/aromatic N) is 1. The van der Waals surface area contributed by atoms with Crippen LogP contribution in [0.2, 0.25) is 0 Å². The number of anilines is 1. The molecule has 0 radical (unpaired) electrons. The van der Waals surface area contributed by atoms with E-state index in [1.165, 1.54) is 0 Å². The minimum Gasteiger partial charge on any atom is -0.443 e. The third kappa shape index (κ3) is 2.98. The van der Waals surface area contributed by atoms with Crippen molar-refractivity contribution < 1.29 is 9.53 Å². The van der Waals surface area contributed by atoms with E-state index in [-0.39, 0.29) is 6.09 Å². The Morgan fingerprint density at radius 2 is 2.00 bits per heavy atom. The first-order valence-corrected chi connectivity index (χ1v) is 6.72. The maximum absolute atomic E-state index is 12.4. The number of carbonyl (C=O) groups is 1. The average Bonchev–Trinajstić information content (AvgIpc) is 2.35. The van der Waals surface area contributed by atoms with E-state index < -0.39 is 5.60 Å². The molecule has 3 heteroatoms. The van der Waals surface area contributed by atoms with Gasteiger partial charge in [0, 0.05) is 5.70 Å². The summed E-state index contributed by atoms with van der Waals surface area (Å²) in [7, 11) is 0. The number of rotatable bonds is 1. The van der Waals surface area contributed by atoms with Crippen LogP contribution in [0, 0.1) is 0 Å². The summed E-state index contributed by atoms with van der Waals surface area (Å²) in [4.78, 5) is 14.1. The van der Waals surface area contributed by atoms with Crippen LogP contribution in [0.4, 0.5) is 10.5 Å². The molecule has 0 aromatic heterocycles. The van der Waals surface area contributed by atoms with Gasteiger partial charge < -0.3 is 4.74 Å². The van der Waals surface area contributed by atoms with Crippen LogP contribution in [0.3, 0.4) is 0 Å². The molecule has 2 rings (SSSR count). The topological polar surface area (TPSA) is 29.5 Å². The minimum atomic E-state index is -0.484. The molecule has 1 aromatic carbocycles. The lowest BCUT2D eigenvalue weighted by atomic mass is 10.0. The Labute approximate surface area is 114 Å². The lowest BCUT2D eigenvalue weighted by Crippen LogP contribution is -2.37. The van der Waals surface area contributed by atoms with E-state index in [0.29, 0.717) is 0 Å². The van der Waals surface area contributed by atoms with E-state index in [4.69, 9.17) is 4.74 Å². The summed E-state index contributed by atoms with van der Waals surface area (Å²) in [5, 5.41) is 0. The van der Waals surface area contributed by atoms with Gasteiger partial charge in [0.2, 0.25) is 0 Å². The van der Waals surface area contributed by atoms with Crippen molar-refractivity contribution in [2.75, 3.05) is 4.90 Å². The molecule has 0 N–H and O–H groups in total. The molecule has 19 heavy (non-hydrogen) atoms. The van der Waals surface area contributed by atoms with Gasteiger partial charge >= 0.3 is 6.09 Å². The third-order valence-electron chi connectivity index (χ3n) is 3.02. The van der Waals surface area contributed by atoms with Gasteiger partial charge in [0.05, 0.1) is 5.69 Å². The van der Waals surface area contributed by atoms with Crippen LogP contribution in [0.1, 0.15) is 39.7 Å². The Kier molecular flexibility index (Phi) is 3.65. The highest BCUT2D eigenvalue weighted by Gasteiger charge is 2.28. The first kappa shape index (κ1) is 13.7. The Hall–Kier alpha value is -1.77. The Morgan fingerprint density at radius 3 is 2.63 bits per heavy atom. The fourth-order valence-electron chi connectivity index (χ4n) is 2.20. The number of carbonyl (C=O) groups excluding carboxylic acids is 1. The van der Waals surface area contributed by atoms with Crippen molar-refractivity contribution in [2.24, 2.45) is 0 Å². The van der Waals surface area contributed by atoms with Gasteiger partial charge in [-0.2, -0.15) is 0 Å². The number of fused-ring (bicyclic) bond motifs is 1. The van der Waals surface area contributed by atoms with Gasteiger partial charge in [-0.25, -0.2) is 4.79 Å². The van der Waals surface area contributed by atoms with Crippen LogP contribution in [-0.2, 0) is 11.2 Å². The molecule has 0 spiro atoms. The summed E-state index contributed by atoms with van der Waals surface area (Å²) in [5.41, 5.74) is 2.62. The van der Waals surface area contributed by atoms with E-state index in [2.05, 4.69) is 19.1 Å². The van der Waals surface area contributed by atoms with Crippen molar-refractivity contribution in [2.45, 2.75) is 46.1 Å². The molecule has 0 unspecified atom stereocenters. The molecule has 0 saturated heterocycles. The summed E-state index contributed by atoms with van der Waals surface area (Å²) >= 11 is 0. The normalized spacial score (nSPS) is 14.7. The first-order chi connectivity index (χ1) is 8.92. The zero-order chi connectivity index (χ0) is 14.0. The Balaban J connectivity index is 2.36. The number of ether oxygens (including phenoxy) is 1. The lowest BCUT2D eigenvalue weighted by molar-refractivity contribution is 0.0590. The Bertz CT molecular complexity index is 512. The van der Waals surface area contributed by atoms with Crippen molar-refractivity contribution >= 4 is 11.8 Å². The van der Waals surface area contributed by atoms with Gasteiger partial charge in [-0.1, -0.05) is 31.2 Å². The van der Waals surface area contributed by atoms with Crippen LogP contribution in [0.15, 0.2) is 36.0 Å². The van der Waals surface area contributed by atoms with E-state index in [0.717, 1.165) is 29.8 Å². The van der Waals surface area contributed by atoms with Gasteiger partial charge in [0.1, 0.15) is 5.60 Å². The maximum Gasteiger partial charge on any atom is 0.419 e. The quantitative estimate of drug-likeness (QED) is 0.753. The molecule has 0 fully saturated rings. The van der Waals surface area contributed by atoms with E-state index in [9.17, 15) is 4.79 Å². The molecule has 0 bridgehead atoms. The summed E-state index contributed by atoms with van der Waals surface area (Å²) < 4.78 is 5.51. The highest BCUT2D eigenvalue weighted by Crippen LogP contribution is 2.32. The second-order valence-electron chi connectivity index (χ2n) is 5.70. The van der Waals surface area contributed by atoms with Gasteiger partial charge in [-0.3, -0.25) is 4.90 Å². The molecule has 0 aliphatic carbocycles. The predicted octanol–water partition coefficient (Wildman–Crippen LogP) is 4.28. The van der Waals surface area contributed by atoms with Crippen LogP contribution < -0.4 is 4.90 Å². The van der Waals surface area contributed by atoms with Crippen LogP contribution >= 0.6 is 0 Å². The summed E-state index contributed by atoms with van der Waals surface area (Å²) in [6, 6.07) is 7.98. The van der Waals surface area contributed by atoms with Gasteiger partial charge in [-0.05, 0) is 45.2 Å². The molecule has 1 heterocycles. The summed E-state index contributed by atoms with van der Waals surface area (Å²) in [6.45, 7) is 7.71. The van der Waals surface area contributed by atoms with Crippen molar-refractivity contribution in [1.82, 2.24) is 0 Å². The molecular formula is C16H21NO2. The van der Waals surface area contributed by atoms with Gasteiger partial charge in [0.25, 0.3) is 0 Å². The second-order valence-corrected chi connectivity index (χ2v) is 5.70. The fourth-order valence-corrected chi connectivity index (χ4v) is 2.20. The smallest absolute Gasteiger partial charge is 0.419 e. The van der Waals surface area contributed by atoms with Gasteiger partial charge in [0.15, 0.2) is 0 Å². The summed E-state index contributed by atoms with van der Waals surface area (Å²) in [6.07, 6.45) is 3.49. The monoisotopic (exact) mass is 259 g/mol. The van der Waals surface area contributed by atoms with Gasteiger partial charge in [-0.15, -0.1) is 0 Å². The minimum absolute atomic E-state index is 0.298. The number of para-hydroxylation sites is 1. The Morgan fingerprint density at radius 1 is 1.32 bits per heavy atom. The number of amides is 1. The number of hydrogen-bond acceptors (Lipinski definition) is 2. The zero-order valence-corrected chi connectivity index (χ0v) is 12.1. The largest absolute Gasteiger partial charge is 0.443 e. The van der Waals surface area contributed by atoms with Crippen molar-refractivity contribution in [3.63, 3.8) is 0 Å².